The average molecular weight is 631 g/mol. The van der Waals surface area contributed by atoms with Crippen LogP contribution in [0, 0.1) is 17.7 Å². The van der Waals surface area contributed by atoms with Gasteiger partial charge in [0.2, 0.25) is 0 Å². The molecule has 5 heterocycles. The minimum absolute atomic E-state index is 0.0308. The fourth-order valence-electron chi connectivity index (χ4n) is 7.75. The highest BCUT2D eigenvalue weighted by molar-refractivity contribution is 6.00. The molecule has 2 N–H and O–H groups in total. The van der Waals surface area contributed by atoms with E-state index in [1.807, 2.05) is 23.2 Å². The van der Waals surface area contributed by atoms with Gasteiger partial charge >= 0.3 is 0 Å². The van der Waals surface area contributed by atoms with Gasteiger partial charge in [0.1, 0.15) is 17.1 Å². The summed E-state index contributed by atoms with van der Waals surface area (Å²) >= 11 is 0. The van der Waals surface area contributed by atoms with Gasteiger partial charge in [-0.3, -0.25) is 9.78 Å². The molecule has 47 heavy (non-hydrogen) atoms. The maximum atomic E-state index is 14.0. The Morgan fingerprint density at radius 2 is 1.91 bits per heavy atom. The van der Waals surface area contributed by atoms with Crippen molar-refractivity contribution in [3.63, 3.8) is 0 Å². The van der Waals surface area contributed by atoms with Crippen molar-refractivity contribution in [3.8, 4) is 23.0 Å². The van der Waals surface area contributed by atoms with Gasteiger partial charge in [-0.2, -0.15) is 5.10 Å². The van der Waals surface area contributed by atoms with E-state index in [-0.39, 0.29) is 18.0 Å². The third kappa shape index (κ3) is 4.71. The Kier molecular flexibility index (Phi) is 6.46. The second kappa shape index (κ2) is 10.8. The number of imidazole rings is 1. The number of likely N-dealkylation sites (tertiary alicyclic amines) is 1. The van der Waals surface area contributed by atoms with Gasteiger partial charge in [-0.25, -0.2) is 14.1 Å². The largest absolute Gasteiger partial charge is 0.494 e. The van der Waals surface area contributed by atoms with Crippen molar-refractivity contribution >= 4 is 27.8 Å². The van der Waals surface area contributed by atoms with Crippen LogP contribution in [0.25, 0.3) is 39.1 Å². The highest BCUT2D eigenvalue weighted by Crippen LogP contribution is 2.41. The lowest BCUT2D eigenvalue weighted by Crippen LogP contribution is -2.41. The van der Waals surface area contributed by atoms with E-state index in [0.29, 0.717) is 47.4 Å². The number of rotatable bonds is 8. The Labute approximate surface area is 270 Å². The van der Waals surface area contributed by atoms with E-state index < -0.39 is 5.82 Å². The number of nitrogens with two attached hydrogens (primary N) is 1. The number of benzene rings is 2. The van der Waals surface area contributed by atoms with Crippen molar-refractivity contribution in [1.82, 2.24) is 33.8 Å². The first-order valence-corrected chi connectivity index (χ1v) is 16.3. The summed E-state index contributed by atoms with van der Waals surface area (Å²) in [6, 6.07) is 15.9. The highest BCUT2D eigenvalue weighted by atomic mass is 19.1. The molecule has 3 fully saturated rings. The van der Waals surface area contributed by atoms with Crippen molar-refractivity contribution in [2.75, 3.05) is 13.7 Å². The van der Waals surface area contributed by atoms with Crippen molar-refractivity contribution < 1.29 is 13.9 Å². The number of nitrogens with zero attached hydrogens (tertiary/aromatic N) is 7. The molecule has 0 radical (unpaired) electrons. The molecule has 10 nitrogen and oxygen atoms in total. The van der Waals surface area contributed by atoms with E-state index in [4.69, 9.17) is 15.5 Å². The van der Waals surface area contributed by atoms with Crippen LogP contribution in [-0.4, -0.2) is 65.4 Å². The molecule has 2 aromatic carbocycles. The second-order valence-corrected chi connectivity index (χ2v) is 13.3. The van der Waals surface area contributed by atoms with Crippen LogP contribution in [0.1, 0.15) is 41.6 Å². The van der Waals surface area contributed by atoms with Gasteiger partial charge in [0, 0.05) is 59.5 Å². The monoisotopic (exact) mass is 630 g/mol. The maximum Gasteiger partial charge on any atom is 0.254 e. The Hall–Kier alpha value is -5.03. The zero-order chi connectivity index (χ0) is 31.8. The number of carbonyl (C=O) groups is 1. The van der Waals surface area contributed by atoms with Gasteiger partial charge in [0.05, 0.1) is 49.1 Å². The molecule has 3 aliphatic rings. The number of hydrogen-bond acceptors (Lipinski definition) is 6. The summed E-state index contributed by atoms with van der Waals surface area (Å²) < 4.78 is 26.1. The van der Waals surface area contributed by atoms with Crippen molar-refractivity contribution in [3.05, 3.63) is 90.3 Å². The fraction of sp³-hybridized carbons (Fsp3) is 0.333. The van der Waals surface area contributed by atoms with Crippen LogP contribution in [0.15, 0.2) is 73.3 Å². The Balaban J connectivity index is 1.20. The summed E-state index contributed by atoms with van der Waals surface area (Å²) in [7, 11) is 1.63. The predicted octanol–water partition coefficient (Wildman–Crippen LogP) is 5.41. The number of pyridine rings is 1. The van der Waals surface area contributed by atoms with Gasteiger partial charge in [0.15, 0.2) is 5.82 Å². The SMILES string of the molecule is COc1cc(C(=O)N2CC3CCC2[C@@H]3N)cc2nc(-c3cc4ccccc4n3CC3CC3)n(Cc3cnn(-c4cncc(F)c4)c3)c12. The lowest BCUT2D eigenvalue weighted by Gasteiger charge is -2.27. The van der Waals surface area contributed by atoms with Gasteiger partial charge in [-0.05, 0) is 61.8 Å². The molecule has 11 heteroatoms. The zero-order valence-corrected chi connectivity index (χ0v) is 26.1. The molecular weight excluding hydrogens is 595 g/mol. The van der Waals surface area contributed by atoms with Gasteiger partial charge in [-0.15, -0.1) is 0 Å². The standard InChI is InChI=1S/C36H35FN8O2/c1-47-32-12-25(36(46)43-20-24-8-9-30(43)33(24)38)10-28-34(32)44(18-22-14-40-45(19-22)27-13-26(37)15-39-16-27)35(41-28)31-11-23-4-2-3-5-29(23)42(31)17-21-6-7-21/h2-5,10-16,19,21,24,30,33H,6-9,17-18,20,38H2,1H3/t24?,30?,33-/m1/s1. The van der Waals surface area contributed by atoms with E-state index in [9.17, 15) is 9.18 Å². The molecule has 1 saturated heterocycles. The lowest BCUT2D eigenvalue weighted by molar-refractivity contribution is 0.0700. The molecule has 1 amide bonds. The van der Waals surface area contributed by atoms with Gasteiger partial charge < -0.3 is 24.5 Å². The van der Waals surface area contributed by atoms with Crippen molar-refractivity contribution in [2.24, 2.45) is 17.6 Å². The quantitative estimate of drug-likeness (QED) is 0.241. The van der Waals surface area contributed by atoms with Crippen LogP contribution in [0.5, 0.6) is 5.75 Å². The summed E-state index contributed by atoms with van der Waals surface area (Å²) in [5.41, 5.74) is 12.1. The number of aromatic nitrogens is 6. The third-order valence-electron chi connectivity index (χ3n) is 10.3. The molecule has 4 aromatic heterocycles. The molecule has 6 aromatic rings. The number of fused-ring (bicyclic) bond motifs is 4. The number of ether oxygens (including phenoxy) is 1. The maximum absolute atomic E-state index is 14.0. The molecule has 2 saturated carbocycles. The number of halogens is 1. The summed E-state index contributed by atoms with van der Waals surface area (Å²) in [6.07, 6.45) is 10.9. The molecule has 2 bridgehead atoms. The Morgan fingerprint density at radius 3 is 2.68 bits per heavy atom. The summed E-state index contributed by atoms with van der Waals surface area (Å²) in [6.45, 7) is 2.03. The number of para-hydroxylation sites is 1. The number of carbonyl (C=O) groups excluding carboxylic acids is 1. The molecule has 1 aliphatic heterocycles. The first-order chi connectivity index (χ1) is 22.9. The van der Waals surface area contributed by atoms with Crippen LogP contribution in [0.2, 0.25) is 0 Å². The van der Waals surface area contributed by atoms with E-state index >= 15 is 0 Å². The summed E-state index contributed by atoms with van der Waals surface area (Å²) in [5.74, 6) is 1.90. The summed E-state index contributed by atoms with van der Waals surface area (Å²) in [4.78, 5) is 25.1. The molecule has 238 valence electrons. The van der Waals surface area contributed by atoms with Crippen molar-refractivity contribution in [1.29, 1.82) is 0 Å². The smallest absolute Gasteiger partial charge is 0.254 e. The van der Waals surface area contributed by atoms with Crippen LogP contribution in [0.3, 0.4) is 0 Å². The van der Waals surface area contributed by atoms with E-state index in [1.165, 1.54) is 30.6 Å². The Bertz CT molecular complexity index is 2180. The number of piperidine rings is 1. The normalized spacial score (nSPS) is 20.6. The minimum Gasteiger partial charge on any atom is -0.494 e. The van der Waals surface area contributed by atoms with Crippen LogP contribution in [0.4, 0.5) is 4.39 Å². The zero-order valence-electron chi connectivity index (χ0n) is 26.1. The van der Waals surface area contributed by atoms with Crippen LogP contribution < -0.4 is 10.5 Å². The molecule has 0 spiro atoms. The topological polar surface area (TPSA) is 109 Å². The molecule has 9 rings (SSSR count). The number of hydrogen-bond donors (Lipinski definition) is 1. The first-order valence-electron chi connectivity index (χ1n) is 16.3. The average Bonchev–Trinajstić information content (AvgIpc) is 3.39. The van der Waals surface area contributed by atoms with E-state index in [2.05, 4.69) is 49.5 Å². The predicted molar refractivity (Wildman–Crippen MR) is 176 cm³/mol. The first kappa shape index (κ1) is 28.2. The molecule has 2 aliphatic carbocycles. The number of amides is 1. The highest BCUT2D eigenvalue weighted by Gasteiger charge is 2.47. The van der Waals surface area contributed by atoms with E-state index in [1.54, 1.807) is 24.2 Å². The van der Waals surface area contributed by atoms with Crippen LogP contribution in [-0.2, 0) is 13.1 Å². The molecule has 3 atom stereocenters. The lowest BCUT2D eigenvalue weighted by atomic mass is 10.1. The molecule has 2 unspecified atom stereocenters. The van der Waals surface area contributed by atoms with Crippen LogP contribution >= 0.6 is 0 Å². The van der Waals surface area contributed by atoms with Gasteiger partial charge in [0.25, 0.3) is 5.91 Å². The fourth-order valence-corrected chi connectivity index (χ4v) is 7.75. The van der Waals surface area contributed by atoms with E-state index in [0.717, 1.165) is 47.4 Å². The molecular formula is C36H35FN8O2. The number of methoxy groups -OCH3 is 1. The third-order valence-corrected chi connectivity index (χ3v) is 10.3. The summed E-state index contributed by atoms with van der Waals surface area (Å²) in [5, 5.41) is 5.67. The minimum atomic E-state index is -0.426. The second-order valence-electron chi connectivity index (χ2n) is 13.3. The van der Waals surface area contributed by atoms with Gasteiger partial charge in [-0.1, -0.05) is 18.2 Å². The Morgan fingerprint density at radius 1 is 1.04 bits per heavy atom. The van der Waals surface area contributed by atoms with Crippen molar-refractivity contribution in [2.45, 2.75) is 50.9 Å².